The quantitative estimate of drug-likeness (QED) is 0.113. The summed E-state index contributed by atoms with van der Waals surface area (Å²) in [6.45, 7) is 6.91. The molecule has 0 heterocycles. The Morgan fingerprint density at radius 1 is 0.923 bits per heavy atom. The van der Waals surface area contributed by atoms with E-state index in [0.29, 0.717) is 15.9 Å². The summed E-state index contributed by atoms with van der Waals surface area (Å²) in [5.41, 5.74) is -0.453. The van der Waals surface area contributed by atoms with E-state index in [-0.39, 0.29) is 5.97 Å². The molecule has 0 radical (unpaired) electrons. The Morgan fingerprint density at radius 3 is 1.92 bits per heavy atom. The van der Waals surface area contributed by atoms with Gasteiger partial charge in [0, 0.05) is 5.75 Å². The fourth-order valence-electron chi connectivity index (χ4n) is 2.94. The molecule has 5 heteroatoms. The van der Waals surface area contributed by atoms with E-state index in [1.54, 1.807) is 0 Å². The van der Waals surface area contributed by atoms with E-state index in [4.69, 9.17) is 17.0 Å². The van der Waals surface area contributed by atoms with Crippen LogP contribution in [0.15, 0.2) is 0 Å². The minimum absolute atomic E-state index is 0.0704. The number of thiocarbonyl (C=S) groups is 1. The van der Waals surface area contributed by atoms with E-state index in [9.17, 15) is 4.79 Å². The van der Waals surface area contributed by atoms with Crippen LogP contribution in [0.5, 0.6) is 0 Å². The third-order valence-electron chi connectivity index (χ3n) is 4.82. The number of hydrogen-bond acceptors (Lipinski definition) is 4. The number of ether oxygens (including phenoxy) is 1. The molecule has 1 atom stereocenters. The zero-order valence-electron chi connectivity index (χ0n) is 17.2. The van der Waals surface area contributed by atoms with Crippen molar-refractivity contribution in [2.75, 3.05) is 12.4 Å². The summed E-state index contributed by atoms with van der Waals surface area (Å²) >= 11 is 10.7. The van der Waals surface area contributed by atoms with Gasteiger partial charge in [0.05, 0.1) is 12.0 Å². The van der Waals surface area contributed by atoms with E-state index >= 15 is 0 Å². The van der Waals surface area contributed by atoms with Crippen molar-refractivity contribution in [3.05, 3.63) is 0 Å². The van der Waals surface area contributed by atoms with Crippen molar-refractivity contribution in [3.63, 3.8) is 0 Å². The van der Waals surface area contributed by atoms with Crippen LogP contribution in [0.1, 0.15) is 104 Å². The second-order valence-corrected chi connectivity index (χ2v) is 10.2. The predicted molar refractivity (Wildman–Crippen MR) is 124 cm³/mol. The van der Waals surface area contributed by atoms with Crippen LogP contribution in [-0.4, -0.2) is 21.9 Å². The maximum absolute atomic E-state index is 12.5. The van der Waals surface area contributed by atoms with Gasteiger partial charge in [-0.2, -0.15) is 0 Å². The van der Waals surface area contributed by atoms with Gasteiger partial charge in [0.25, 0.3) is 0 Å². The molecule has 1 unspecified atom stereocenters. The lowest BCUT2D eigenvalue weighted by Crippen LogP contribution is -2.33. The van der Waals surface area contributed by atoms with Gasteiger partial charge in [0.1, 0.15) is 3.53 Å². The second kappa shape index (κ2) is 17.4. The number of carbonyl (C=O) groups excluding carboxylic acids is 1. The fourth-order valence-corrected chi connectivity index (χ4v) is 4.01. The molecule has 0 bridgehead atoms. The molecule has 0 aliphatic heterocycles. The van der Waals surface area contributed by atoms with Gasteiger partial charge in [-0.1, -0.05) is 96.7 Å². The molecular formula is C21H40O2S3. The number of unbranched alkanes of at least 4 members (excludes halogenated alkanes) is 10. The minimum Gasteiger partial charge on any atom is -0.465 e. The van der Waals surface area contributed by atoms with Crippen molar-refractivity contribution >= 4 is 46.1 Å². The molecule has 0 aliphatic rings. The Labute approximate surface area is 177 Å². The molecular weight excluding hydrogens is 380 g/mol. The number of thiol groups is 1. The van der Waals surface area contributed by atoms with Crippen molar-refractivity contribution in [3.8, 4) is 0 Å². The smallest absolute Gasteiger partial charge is 0.312 e. The molecule has 0 amide bonds. The lowest BCUT2D eigenvalue weighted by Gasteiger charge is -2.27. The van der Waals surface area contributed by atoms with Gasteiger partial charge in [-0.15, -0.1) is 24.4 Å². The molecule has 0 saturated carbocycles. The third-order valence-corrected chi connectivity index (χ3v) is 6.59. The normalized spacial score (nSPS) is 13.4. The molecule has 0 aromatic rings. The van der Waals surface area contributed by atoms with Crippen LogP contribution < -0.4 is 0 Å². The van der Waals surface area contributed by atoms with Crippen molar-refractivity contribution in [2.24, 2.45) is 5.41 Å². The number of thioether (sulfide) groups is 1. The Kier molecular flexibility index (Phi) is 17.5. The molecule has 154 valence electrons. The summed E-state index contributed by atoms with van der Waals surface area (Å²) in [4.78, 5) is 12.5. The number of hydrogen-bond donors (Lipinski definition) is 1. The maximum atomic E-state index is 12.5. The molecule has 0 fully saturated rings. The van der Waals surface area contributed by atoms with Crippen molar-refractivity contribution < 1.29 is 9.53 Å². The molecule has 2 nitrogen and oxygen atoms in total. The van der Waals surface area contributed by atoms with Gasteiger partial charge < -0.3 is 4.74 Å². The first-order chi connectivity index (χ1) is 12.5. The van der Waals surface area contributed by atoms with Crippen molar-refractivity contribution in [1.29, 1.82) is 0 Å². The largest absolute Gasteiger partial charge is 0.465 e. The van der Waals surface area contributed by atoms with Gasteiger partial charge in [-0.05, 0) is 19.8 Å². The van der Waals surface area contributed by atoms with E-state index < -0.39 is 5.41 Å². The van der Waals surface area contributed by atoms with E-state index in [1.165, 1.54) is 69.5 Å². The zero-order chi connectivity index (χ0) is 19.7. The van der Waals surface area contributed by atoms with Gasteiger partial charge in [0.15, 0.2) is 0 Å². The van der Waals surface area contributed by atoms with Crippen molar-refractivity contribution in [2.45, 2.75) is 104 Å². The van der Waals surface area contributed by atoms with Crippen LogP contribution in [0.4, 0.5) is 0 Å². The van der Waals surface area contributed by atoms with Gasteiger partial charge in [0.2, 0.25) is 0 Å². The summed E-state index contributed by atoms with van der Waals surface area (Å²) in [6, 6.07) is 0. The first-order valence-corrected chi connectivity index (χ1v) is 12.3. The highest BCUT2D eigenvalue weighted by molar-refractivity contribution is 8.41. The van der Waals surface area contributed by atoms with Crippen LogP contribution in [0.2, 0.25) is 0 Å². The zero-order valence-corrected chi connectivity index (χ0v) is 19.7. The fraction of sp³-hybridized carbons (Fsp3) is 0.905. The van der Waals surface area contributed by atoms with Crippen LogP contribution in [0.25, 0.3) is 0 Å². The first kappa shape index (κ1) is 26.3. The summed E-state index contributed by atoms with van der Waals surface area (Å²) in [7, 11) is 0. The topological polar surface area (TPSA) is 26.3 Å². The highest BCUT2D eigenvalue weighted by atomic mass is 32.2. The predicted octanol–water partition coefficient (Wildman–Crippen LogP) is 7.59. The molecule has 0 spiro atoms. The van der Waals surface area contributed by atoms with E-state index in [0.717, 1.165) is 25.7 Å². The average molecular weight is 421 g/mol. The molecule has 0 saturated heterocycles. The standard InChI is InChI=1S/C21H40O2S3/c1-4-6-8-9-10-11-12-13-14-15-16-21(3,18-26-20(24)25)19(22)23-17-7-5-2/h4-18H2,1-3H3,(H,24,25). The average Bonchev–Trinajstić information content (AvgIpc) is 2.61. The van der Waals surface area contributed by atoms with Crippen LogP contribution in [-0.2, 0) is 9.53 Å². The Balaban J connectivity index is 4.06. The lowest BCUT2D eigenvalue weighted by atomic mass is 9.86. The maximum Gasteiger partial charge on any atom is 0.312 e. The van der Waals surface area contributed by atoms with Gasteiger partial charge in [-0.25, -0.2) is 0 Å². The SMILES string of the molecule is CCCCCCCCCCCCC(C)(CSC(=S)S)C(=O)OCCCC. The number of rotatable bonds is 17. The first-order valence-electron chi connectivity index (χ1n) is 10.5. The van der Waals surface area contributed by atoms with Gasteiger partial charge in [-0.3, -0.25) is 4.79 Å². The van der Waals surface area contributed by atoms with Crippen molar-refractivity contribution in [1.82, 2.24) is 0 Å². The second-order valence-electron chi connectivity index (χ2n) is 7.54. The Hall–Kier alpha value is 0.260. The highest BCUT2D eigenvalue weighted by Gasteiger charge is 2.34. The van der Waals surface area contributed by atoms with Gasteiger partial charge >= 0.3 is 5.97 Å². The molecule has 0 N–H and O–H groups in total. The third kappa shape index (κ3) is 14.3. The van der Waals surface area contributed by atoms with E-state index in [2.05, 4.69) is 26.5 Å². The van der Waals surface area contributed by atoms with Crippen LogP contribution in [0, 0.1) is 5.41 Å². The molecule has 0 aromatic carbocycles. The molecule has 26 heavy (non-hydrogen) atoms. The number of carbonyl (C=O) groups is 1. The van der Waals surface area contributed by atoms with Crippen LogP contribution in [0.3, 0.4) is 0 Å². The van der Waals surface area contributed by atoms with Crippen LogP contribution >= 0.6 is 36.6 Å². The Bertz CT molecular complexity index is 374. The summed E-state index contributed by atoms with van der Waals surface area (Å²) in [5, 5.41) is 0. The molecule has 0 aromatic heterocycles. The van der Waals surface area contributed by atoms with E-state index in [1.807, 2.05) is 6.92 Å². The minimum atomic E-state index is -0.453. The lowest BCUT2D eigenvalue weighted by molar-refractivity contribution is -0.154. The molecule has 0 rings (SSSR count). The monoisotopic (exact) mass is 420 g/mol. The Morgan fingerprint density at radius 2 is 1.42 bits per heavy atom. The summed E-state index contributed by atoms with van der Waals surface area (Å²) < 4.78 is 6.10. The summed E-state index contributed by atoms with van der Waals surface area (Å²) in [6.07, 6.45) is 15.9. The summed E-state index contributed by atoms with van der Waals surface area (Å²) in [5.74, 6) is 0.594. The number of esters is 1. The highest BCUT2D eigenvalue weighted by Crippen LogP contribution is 2.32. The molecule has 0 aliphatic carbocycles.